The van der Waals surface area contributed by atoms with Crippen LogP contribution in [0.5, 0.6) is 0 Å². The first-order chi connectivity index (χ1) is 14.6. The van der Waals surface area contributed by atoms with Crippen LogP contribution < -0.4 is 10.9 Å². The zero-order chi connectivity index (χ0) is 21.1. The SMILES string of the molecule is CCCCn1c(=O)c2ccccc2n2c(SC(C)C(=O)Nc3ccccc3)nnc12. The Kier molecular flexibility index (Phi) is 5.85. The summed E-state index contributed by atoms with van der Waals surface area (Å²) in [6.45, 7) is 4.50. The van der Waals surface area contributed by atoms with Gasteiger partial charge in [0.1, 0.15) is 0 Å². The highest BCUT2D eigenvalue weighted by Gasteiger charge is 2.21. The summed E-state index contributed by atoms with van der Waals surface area (Å²) in [7, 11) is 0. The molecule has 4 aromatic rings. The molecule has 7 nitrogen and oxygen atoms in total. The smallest absolute Gasteiger partial charge is 0.262 e. The molecule has 0 aliphatic heterocycles. The van der Waals surface area contributed by atoms with E-state index < -0.39 is 5.25 Å². The van der Waals surface area contributed by atoms with Crippen molar-refractivity contribution in [2.45, 2.75) is 43.6 Å². The Morgan fingerprint density at radius 1 is 1.10 bits per heavy atom. The van der Waals surface area contributed by atoms with Crippen LogP contribution in [0.3, 0.4) is 0 Å². The van der Waals surface area contributed by atoms with Crippen molar-refractivity contribution in [1.29, 1.82) is 0 Å². The molecule has 1 atom stereocenters. The summed E-state index contributed by atoms with van der Waals surface area (Å²) < 4.78 is 3.56. The average Bonchev–Trinajstić information content (AvgIpc) is 3.18. The highest BCUT2D eigenvalue weighted by Crippen LogP contribution is 2.26. The Morgan fingerprint density at radius 3 is 2.60 bits per heavy atom. The fourth-order valence-corrected chi connectivity index (χ4v) is 4.16. The lowest BCUT2D eigenvalue weighted by molar-refractivity contribution is -0.115. The highest BCUT2D eigenvalue weighted by molar-refractivity contribution is 8.00. The fraction of sp³-hybridized carbons (Fsp3) is 0.273. The zero-order valence-corrected chi connectivity index (χ0v) is 17.7. The number of unbranched alkanes of at least 4 members (excludes halogenated alkanes) is 1. The summed E-state index contributed by atoms with van der Waals surface area (Å²) in [4.78, 5) is 25.7. The van der Waals surface area contributed by atoms with Gasteiger partial charge in [-0.25, -0.2) is 0 Å². The zero-order valence-electron chi connectivity index (χ0n) is 16.9. The molecule has 0 bridgehead atoms. The molecular formula is C22H23N5O2S. The first-order valence-corrected chi connectivity index (χ1v) is 10.9. The second-order valence-corrected chi connectivity index (χ2v) is 8.37. The van der Waals surface area contributed by atoms with Gasteiger partial charge in [-0.2, -0.15) is 0 Å². The molecule has 30 heavy (non-hydrogen) atoms. The number of rotatable bonds is 7. The molecule has 1 amide bonds. The van der Waals surface area contributed by atoms with E-state index in [0.29, 0.717) is 22.9 Å². The number of nitrogens with one attached hydrogen (secondary N) is 1. The van der Waals surface area contributed by atoms with E-state index >= 15 is 0 Å². The first-order valence-electron chi connectivity index (χ1n) is 9.99. The number of hydrogen-bond donors (Lipinski definition) is 1. The predicted molar refractivity (Wildman–Crippen MR) is 120 cm³/mol. The number of carbonyl (C=O) groups is 1. The number of anilines is 1. The van der Waals surface area contributed by atoms with Gasteiger partial charge in [0.15, 0.2) is 5.16 Å². The van der Waals surface area contributed by atoms with E-state index in [9.17, 15) is 9.59 Å². The molecular weight excluding hydrogens is 398 g/mol. The van der Waals surface area contributed by atoms with Gasteiger partial charge in [-0.05, 0) is 37.6 Å². The number of benzene rings is 2. The van der Waals surface area contributed by atoms with Gasteiger partial charge in [0, 0.05) is 12.2 Å². The average molecular weight is 422 g/mol. The largest absolute Gasteiger partial charge is 0.325 e. The number of para-hydroxylation sites is 2. The second-order valence-electron chi connectivity index (χ2n) is 7.06. The monoisotopic (exact) mass is 421 g/mol. The van der Waals surface area contributed by atoms with Gasteiger partial charge in [-0.15, -0.1) is 10.2 Å². The minimum absolute atomic E-state index is 0.0645. The van der Waals surface area contributed by atoms with Gasteiger partial charge in [0.05, 0.1) is 16.2 Å². The number of fused-ring (bicyclic) bond motifs is 3. The minimum Gasteiger partial charge on any atom is -0.325 e. The third kappa shape index (κ3) is 3.82. The Balaban J connectivity index is 1.72. The number of hydrogen-bond acceptors (Lipinski definition) is 5. The fourth-order valence-electron chi connectivity index (χ4n) is 3.30. The standard InChI is InChI=1S/C22H23N5O2S/c1-3-4-14-26-20(29)17-12-8-9-13-18(17)27-21(26)24-25-22(27)30-15(2)19(28)23-16-10-6-5-7-11-16/h5-13,15H,3-4,14H2,1-2H3,(H,23,28). The van der Waals surface area contributed by atoms with E-state index in [-0.39, 0.29) is 11.5 Å². The molecule has 0 aliphatic rings. The quantitative estimate of drug-likeness (QED) is 0.457. The molecule has 2 heterocycles. The number of aryl methyl sites for hydroxylation is 1. The van der Waals surface area contributed by atoms with Crippen molar-refractivity contribution in [3.8, 4) is 0 Å². The third-order valence-corrected chi connectivity index (χ3v) is 5.95. The summed E-state index contributed by atoms with van der Waals surface area (Å²) >= 11 is 1.32. The number of carbonyl (C=O) groups excluding carboxylic acids is 1. The lowest BCUT2D eigenvalue weighted by Gasteiger charge is -2.13. The van der Waals surface area contributed by atoms with Gasteiger partial charge in [-0.3, -0.25) is 18.6 Å². The van der Waals surface area contributed by atoms with Crippen LogP contribution in [0.4, 0.5) is 5.69 Å². The van der Waals surface area contributed by atoms with E-state index in [1.165, 1.54) is 11.8 Å². The molecule has 0 aliphatic carbocycles. The van der Waals surface area contributed by atoms with Crippen LogP contribution in [0.1, 0.15) is 26.7 Å². The van der Waals surface area contributed by atoms with E-state index in [4.69, 9.17) is 0 Å². The topological polar surface area (TPSA) is 81.3 Å². The lowest BCUT2D eigenvalue weighted by Crippen LogP contribution is -2.24. The van der Waals surface area contributed by atoms with Crippen LogP contribution >= 0.6 is 11.8 Å². The molecule has 1 unspecified atom stereocenters. The molecule has 8 heteroatoms. The van der Waals surface area contributed by atoms with Gasteiger partial charge < -0.3 is 5.32 Å². The Hall–Kier alpha value is -3.13. The Bertz CT molecular complexity index is 1250. The normalized spacial score (nSPS) is 12.3. The van der Waals surface area contributed by atoms with Crippen molar-refractivity contribution in [3.05, 3.63) is 65.0 Å². The Morgan fingerprint density at radius 2 is 1.83 bits per heavy atom. The van der Waals surface area contributed by atoms with E-state index in [1.54, 1.807) is 4.57 Å². The summed E-state index contributed by atoms with van der Waals surface area (Å²) in [5, 5.41) is 12.3. The number of nitrogens with zero attached hydrogens (tertiary/aromatic N) is 4. The maximum absolute atomic E-state index is 13.0. The molecule has 0 saturated carbocycles. The van der Waals surface area contributed by atoms with Gasteiger partial charge in [0.2, 0.25) is 11.7 Å². The van der Waals surface area contributed by atoms with Crippen molar-refractivity contribution < 1.29 is 4.79 Å². The van der Waals surface area contributed by atoms with Crippen molar-refractivity contribution >= 4 is 40.0 Å². The van der Waals surface area contributed by atoms with Crippen molar-refractivity contribution in [2.24, 2.45) is 0 Å². The summed E-state index contributed by atoms with van der Waals surface area (Å²) in [5.74, 6) is 0.386. The molecule has 0 fully saturated rings. The van der Waals surface area contributed by atoms with Crippen molar-refractivity contribution in [2.75, 3.05) is 5.32 Å². The molecule has 154 valence electrons. The van der Waals surface area contributed by atoms with Gasteiger partial charge >= 0.3 is 0 Å². The molecule has 0 radical (unpaired) electrons. The molecule has 0 spiro atoms. The van der Waals surface area contributed by atoms with E-state index in [1.807, 2.05) is 65.9 Å². The number of thioether (sulfide) groups is 1. The maximum Gasteiger partial charge on any atom is 0.262 e. The van der Waals surface area contributed by atoms with Crippen molar-refractivity contribution in [3.63, 3.8) is 0 Å². The van der Waals surface area contributed by atoms with Crippen LogP contribution in [0.15, 0.2) is 64.5 Å². The molecule has 1 N–H and O–H groups in total. The first kappa shape index (κ1) is 20.2. The van der Waals surface area contributed by atoms with Crippen LogP contribution in [0, 0.1) is 0 Å². The van der Waals surface area contributed by atoms with E-state index in [0.717, 1.165) is 24.0 Å². The second kappa shape index (κ2) is 8.71. The number of aromatic nitrogens is 4. The maximum atomic E-state index is 13.0. The summed E-state index contributed by atoms with van der Waals surface area (Å²) in [6.07, 6.45) is 1.84. The van der Waals surface area contributed by atoms with Crippen LogP contribution in [-0.2, 0) is 11.3 Å². The molecule has 4 rings (SSSR count). The molecule has 0 saturated heterocycles. The van der Waals surface area contributed by atoms with Gasteiger partial charge in [0.25, 0.3) is 5.56 Å². The minimum atomic E-state index is -0.396. The Labute approximate surface area is 178 Å². The molecule has 2 aromatic carbocycles. The highest BCUT2D eigenvalue weighted by atomic mass is 32.2. The van der Waals surface area contributed by atoms with Crippen LogP contribution in [0.2, 0.25) is 0 Å². The van der Waals surface area contributed by atoms with E-state index in [2.05, 4.69) is 22.4 Å². The summed E-state index contributed by atoms with van der Waals surface area (Å²) in [5.41, 5.74) is 1.43. The molecule has 2 aromatic heterocycles. The van der Waals surface area contributed by atoms with Crippen LogP contribution in [0.25, 0.3) is 16.7 Å². The third-order valence-electron chi connectivity index (χ3n) is 4.91. The number of amides is 1. The lowest BCUT2D eigenvalue weighted by atomic mass is 10.2. The van der Waals surface area contributed by atoms with Crippen LogP contribution in [-0.4, -0.2) is 30.3 Å². The van der Waals surface area contributed by atoms with Gasteiger partial charge in [-0.1, -0.05) is 55.4 Å². The predicted octanol–water partition coefficient (Wildman–Crippen LogP) is 3.96. The summed E-state index contributed by atoms with van der Waals surface area (Å²) in [6, 6.07) is 16.8. The van der Waals surface area contributed by atoms with Crippen molar-refractivity contribution in [1.82, 2.24) is 19.2 Å².